The fraction of sp³-hybridized carbons (Fsp3) is 0.400. The van der Waals surface area contributed by atoms with Gasteiger partial charge in [-0.3, -0.25) is 4.79 Å². The molecule has 0 aliphatic carbocycles. The van der Waals surface area contributed by atoms with Crippen molar-refractivity contribution in [1.29, 1.82) is 0 Å². The Hall–Kier alpha value is -2.08. The van der Waals surface area contributed by atoms with Gasteiger partial charge < -0.3 is 15.2 Å². The lowest BCUT2D eigenvalue weighted by Gasteiger charge is -2.32. The van der Waals surface area contributed by atoms with Crippen molar-refractivity contribution >= 4 is 16.0 Å². The standard InChI is InChI=1S/C15H18N2O5S/c1-2-3-10-22-12-4-6-13(7-5-12)23(20,21)17-9-8-16-11-14(17)15(18)19/h4-7,14,16H,8-11H2,1H3,(H,18,19). The van der Waals surface area contributed by atoms with E-state index in [0.717, 1.165) is 4.31 Å². The summed E-state index contributed by atoms with van der Waals surface area (Å²) in [6, 6.07) is 4.77. The molecule has 0 amide bonds. The normalized spacial score (nSPS) is 18.7. The third-order valence-electron chi connectivity index (χ3n) is 3.40. The molecule has 1 fully saturated rings. The van der Waals surface area contributed by atoms with E-state index >= 15 is 0 Å². The first kappa shape index (κ1) is 17.3. The molecule has 1 aliphatic rings. The number of piperazine rings is 1. The lowest BCUT2D eigenvalue weighted by Crippen LogP contribution is -2.56. The van der Waals surface area contributed by atoms with Gasteiger partial charge in [-0.1, -0.05) is 5.92 Å². The first-order chi connectivity index (χ1) is 11.0. The molecule has 1 atom stereocenters. The maximum absolute atomic E-state index is 12.6. The van der Waals surface area contributed by atoms with Crippen LogP contribution >= 0.6 is 0 Å². The highest BCUT2D eigenvalue weighted by Crippen LogP contribution is 2.22. The first-order valence-electron chi connectivity index (χ1n) is 7.04. The highest BCUT2D eigenvalue weighted by Gasteiger charge is 2.37. The summed E-state index contributed by atoms with van der Waals surface area (Å²) >= 11 is 0. The molecule has 1 aromatic rings. The molecule has 0 radical (unpaired) electrons. The minimum absolute atomic E-state index is 0.0413. The second-order valence-electron chi connectivity index (χ2n) is 4.86. The average Bonchev–Trinajstić information content (AvgIpc) is 2.55. The number of carbonyl (C=O) groups is 1. The predicted octanol–water partition coefficient (Wildman–Crippen LogP) is 0.136. The van der Waals surface area contributed by atoms with Gasteiger partial charge in [-0.25, -0.2) is 8.42 Å². The summed E-state index contributed by atoms with van der Waals surface area (Å²) < 4.78 is 31.6. The number of carboxylic acid groups (broad SMARTS) is 1. The Labute approximate surface area is 135 Å². The van der Waals surface area contributed by atoms with E-state index in [1.807, 2.05) is 0 Å². The number of benzene rings is 1. The van der Waals surface area contributed by atoms with E-state index in [1.165, 1.54) is 24.3 Å². The zero-order chi connectivity index (χ0) is 16.9. The Kier molecular flexibility index (Phi) is 5.60. The highest BCUT2D eigenvalue weighted by atomic mass is 32.2. The van der Waals surface area contributed by atoms with E-state index in [1.54, 1.807) is 6.92 Å². The van der Waals surface area contributed by atoms with Crippen LogP contribution in [0.25, 0.3) is 0 Å². The van der Waals surface area contributed by atoms with E-state index in [9.17, 15) is 18.3 Å². The van der Waals surface area contributed by atoms with Gasteiger partial charge in [0.2, 0.25) is 10.0 Å². The van der Waals surface area contributed by atoms with E-state index < -0.39 is 22.0 Å². The van der Waals surface area contributed by atoms with Gasteiger partial charge in [0.15, 0.2) is 0 Å². The fourth-order valence-corrected chi connectivity index (χ4v) is 3.80. The Bertz CT molecular complexity index is 718. The number of rotatable bonds is 5. The molecule has 1 saturated heterocycles. The van der Waals surface area contributed by atoms with Crippen LogP contribution in [0.1, 0.15) is 6.92 Å². The molecule has 23 heavy (non-hydrogen) atoms. The molecule has 1 heterocycles. The second-order valence-corrected chi connectivity index (χ2v) is 6.75. The number of hydrogen-bond acceptors (Lipinski definition) is 5. The molecular weight excluding hydrogens is 320 g/mol. The van der Waals surface area contributed by atoms with Crippen LogP contribution in [-0.4, -0.2) is 56.1 Å². The van der Waals surface area contributed by atoms with Gasteiger partial charge in [0.1, 0.15) is 18.4 Å². The molecule has 0 bridgehead atoms. The molecule has 0 spiro atoms. The molecule has 1 aromatic carbocycles. The van der Waals surface area contributed by atoms with Crippen LogP contribution in [0.2, 0.25) is 0 Å². The van der Waals surface area contributed by atoms with Gasteiger partial charge in [-0.15, -0.1) is 5.92 Å². The van der Waals surface area contributed by atoms with Crippen molar-refractivity contribution in [1.82, 2.24) is 9.62 Å². The number of hydrogen-bond donors (Lipinski definition) is 2. The summed E-state index contributed by atoms with van der Waals surface area (Å²) in [5.41, 5.74) is 0. The lowest BCUT2D eigenvalue weighted by molar-refractivity contribution is -0.141. The van der Waals surface area contributed by atoms with Crippen LogP contribution in [0.15, 0.2) is 29.2 Å². The molecular formula is C15H18N2O5S. The van der Waals surface area contributed by atoms with E-state index in [4.69, 9.17) is 4.74 Å². The van der Waals surface area contributed by atoms with Crippen molar-refractivity contribution in [3.8, 4) is 17.6 Å². The smallest absolute Gasteiger partial charge is 0.323 e. The Balaban J connectivity index is 2.20. The molecule has 2 N–H and O–H groups in total. The van der Waals surface area contributed by atoms with Crippen LogP contribution in [0, 0.1) is 11.8 Å². The number of sulfonamides is 1. The topological polar surface area (TPSA) is 95.9 Å². The van der Waals surface area contributed by atoms with Crippen LogP contribution < -0.4 is 10.1 Å². The van der Waals surface area contributed by atoms with Crippen molar-refractivity contribution in [2.24, 2.45) is 0 Å². The van der Waals surface area contributed by atoms with Crippen LogP contribution in [0.5, 0.6) is 5.75 Å². The van der Waals surface area contributed by atoms with Crippen molar-refractivity contribution in [2.75, 3.05) is 26.2 Å². The highest BCUT2D eigenvalue weighted by molar-refractivity contribution is 7.89. The van der Waals surface area contributed by atoms with E-state index in [0.29, 0.717) is 12.3 Å². The summed E-state index contributed by atoms with van der Waals surface area (Å²) in [5, 5.41) is 12.1. The number of nitrogens with one attached hydrogen (secondary N) is 1. The van der Waals surface area contributed by atoms with Gasteiger partial charge in [-0.2, -0.15) is 4.31 Å². The zero-order valence-corrected chi connectivity index (χ0v) is 13.5. The third-order valence-corrected chi connectivity index (χ3v) is 5.32. The molecule has 7 nitrogen and oxygen atoms in total. The molecule has 0 aromatic heterocycles. The van der Waals surface area contributed by atoms with Gasteiger partial charge >= 0.3 is 5.97 Å². The van der Waals surface area contributed by atoms with Crippen LogP contribution in [0.3, 0.4) is 0 Å². The van der Waals surface area contributed by atoms with Crippen molar-refractivity contribution in [2.45, 2.75) is 17.9 Å². The summed E-state index contributed by atoms with van der Waals surface area (Å²) in [6.07, 6.45) is 0. The summed E-state index contributed by atoms with van der Waals surface area (Å²) in [5.74, 6) is 4.77. The number of ether oxygens (including phenoxy) is 1. The SMILES string of the molecule is CC#CCOc1ccc(S(=O)(=O)N2CCNCC2C(=O)O)cc1. The Morgan fingerprint density at radius 2 is 2.13 bits per heavy atom. The van der Waals surface area contributed by atoms with E-state index in [2.05, 4.69) is 17.2 Å². The molecule has 124 valence electrons. The molecule has 0 saturated carbocycles. The summed E-state index contributed by atoms with van der Waals surface area (Å²) in [7, 11) is -3.87. The maximum atomic E-state index is 12.6. The van der Waals surface area contributed by atoms with E-state index in [-0.39, 0.29) is 24.6 Å². The maximum Gasteiger partial charge on any atom is 0.323 e. The largest absolute Gasteiger partial charge is 0.481 e. The van der Waals surface area contributed by atoms with Gasteiger partial charge in [0.25, 0.3) is 0 Å². The minimum atomic E-state index is -3.87. The molecule has 1 aliphatic heterocycles. The van der Waals surface area contributed by atoms with Crippen LogP contribution in [0.4, 0.5) is 0 Å². The monoisotopic (exact) mass is 338 g/mol. The second kappa shape index (κ2) is 7.46. The zero-order valence-electron chi connectivity index (χ0n) is 12.7. The quantitative estimate of drug-likeness (QED) is 0.741. The molecule has 1 unspecified atom stereocenters. The number of carboxylic acids is 1. The summed E-state index contributed by atoms with van der Waals surface area (Å²) in [6.45, 7) is 2.54. The lowest BCUT2D eigenvalue weighted by atomic mass is 10.2. The van der Waals surface area contributed by atoms with Gasteiger partial charge in [-0.05, 0) is 31.2 Å². The minimum Gasteiger partial charge on any atom is -0.481 e. The predicted molar refractivity (Wildman–Crippen MR) is 83.6 cm³/mol. The summed E-state index contributed by atoms with van der Waals surface area (Å²) in [4.78, 5) is 11.3. The van der Waals surface area contributed by atoms with Crippen molar-refractivity contribution < 1.29 is 23.1 Å². The average molecular weight is 338 g/mol. The van der Waals surface area contributed by atoms with Crippen molar-refractivity contribution in [3.63, 3.8) is 0 Å². The number of nitrogens with zero attached hydrogens (tertiary/aromatic N) is 1. The molecule has 8 heteroatoms. The first-order valence-corrected chi connectivity index (χ1v) is 8.48. The fourth-order valence-electron chi connectivity index (χ4n) is 2.22. The Morgan fingerprint density at radius 3 is 2.74 bits per heavy atom. The van der Waals surface area contributed by atoms with Gasteiger partial charge in [0.05, 0.1) is 4.90 Å². The third kappa shape index (κ3) is 4.01. The van der Waals surface area contributed by atoms with Crippen molar-refractivity contribution in [3.05, 3.63) is 24.3 Å². The van der Waals surface area contributed by atoms with Crippen LogP contribution in [-0.2, 0) is 14.8 Å². The molecule has 2 rings (SSSR count). The van der Waals surface area contributed by atoms with Gasteiger partial charge in [0, 0.05) is 19.6 Å². The Morgan fingerprint density at radius 1 is 1.43 bits per heavy atom. The number of aliphatic carboxylic acids is 1.